The minimum absolute atomic E-state index is 0.242. The Balaban J connectivity index is 1.95. The van der Waals surface area contributed by atoms with Crippen LogP contribution in [0.4, 0.5) is 13.2 Å². The second-order valence-corrected chi connectivity index (χ2v) is 5.03. The lowest BCUT2D eigenvalue weighted by atomic mass is 10.2. The summed E-state index contributed by atoms with van der Waals surface area (Å²) in [5, 5.41) is 16.9. The maximum atomic E-state index is 12.5. The molecule has 2 aromatic heterocycles. The lowest BCUT2D eigenvalue weighted by Crippen LogP contribution is -2.17. The molecule has 0 radical (unpaired) electrons. The summed E-state index contributed by atoms with van der Waals surface area (Å²) in [6.07, 6.45) is -1.53. The Hall–Kier alpha value is -3.35. The van der Waals surface area contributed by atoms with Crippen LogP contribution in [0.15, 0.2) is 30.7 Å². The number of ether oxygens (including phenoxy) is 1. The van der Waals surface area contributed by atoms with E-state index in [1.807, 2.05) is 6.07 Å². The van der Waals surface area contributed by atoms with Crippen molar-refractivity contribution in [2.45, 2.75) is 12.8 Å². The Bertz CT molecular complexity index is 981. The molecular formula is C14H7F3N6O. The van der Waals surface area contributed by atoms with Crippen molar-refractivity contribution in [3.8, 4) is 23.2 Å². The zero-order valence-corrected chi connectivity index (χ0v) is 11.8. The van der Waals surface area contributed by atoms with E-state index in [1.54, 1.807) is 4.57 Å². The molecule has 0 spiro atoms. The Labute approximate surface area is 132 Å². The fourth-order valence-electron chi connectivity index (χ4n) is 2.67. The molecule has 1 aliphatic heterocycles. The van der Waals surface area contributed by atoms with Crippen LogP contribution in [0.25, 0.3) is 11.4 Å². The number of fused-ring (bicyclic) bond motifs is 5. The van der Waals surface area contributed by atoms with E-state index < -0.39 is 6.36 Å². The van der Waals surface area contributed by atoms with Gasteiger partial charge in [-0.1, -0.05) is 5.21 Å². The van der Waals surface area contributed by atoms with Gasteiger partial charge in [-0.25, -0.2) is 9.67 Å². The molecular weight excluding hydrogens is 325 g/mol. The van der Waals surface area contributed by atoms with Gasteiger partial charge in [-0.3, -0.25) is 4.57 Å². The standard InChI is InChI=1S/C14H7F3N6O/c15-14(16,17)24-9-1-2-11-13(4-9)23-8(6-20-21-23)3-12-10(5-18)19-7-22(11)12/h1-2,4,6-7H,3H2. The predicted molar refractivity (Wildman–Crippen MR) is 72.7 cm³/mol. The van der Waals surface area contributed by atoms with Gasteiger partial charge in [0.15, 0.2) is 5.69 Å². The number of hydrogen-bond donors (Lipinski definition) is 0. The van der Waals surface area contributed by atoms with Crippen LogP contribution in [0.5, 0.6) is 5.75 Å². The fourth-order valence-corrected chi connectivity index (χ4v) is 2.67. The first kappa shape index (κ1) is 14.3. The van der Waals surface area contributed by atoms with Crippen LogP contribution < -0.4 is 4.74 Å². The zero-order chi connectivity index (χ0) is 16.9. The molecule has 0 N–H and O–H groups in total. The highest BCUT2D eigenvalue weighted by molar-refractivity contribution is 5.59. The zero-order valence-electron chi connectivity index (χ0n) is 11.8. The first-order valence-electron chi connectivity index (χ1n) is 6.73. The van der Waals surface area contributed by atoms with Gasteiger partial charge in [0.25, 0.3) is 0 Å². The number of aromatic nitrogens is 5. The van der Waals surface area contributed by atoms with Crippen molar-refractivity contribution < 1.29 is 17.9 Å². The number of hydrogen-bond acceptors (Lipinski definition) is 5. The largest absolute Gasteiger partial charge is 0.573 e. The summed E-state index contributed by atoms with van der Waals surface area (Å²) >= 11 is 0. The number of halogens is 3. The quantitative estimate of drug-likeness (QED) is 0.533. The van der Waals surface area contributed by atoms with E-state index in [4.69, 9.17) is 0 Å². The van der Waals surface area contributed by atoms with Crippen molar-refractivity contribution in [1.29, 1.82) is 5.26 Å². The van der Waals surface area contributed by atoms with Gasteiger partial charge >= 0.3 is 6.36 Å². The van der Waals surface area contributed by atoms with Gasteiger partial charge in [0.05, 0.1) is 29.0 Å². The molecule has 24 heavy (non-hydrogen) atoms. The van der Waals surface area contributed by atoms with E-state index in [2.05, 4.69) is 20.0 Å². The monoisotopic (exact) mass is 332 g/mol. The maximum absolute atomic E-state index is 12.5. The van der Waals surface area contributed by atoms with Crippen molar-refractivity contribution in [2.24, 2.45) is 0 Å². The van der Waals surface area contributed by atoms with E-state index in [-0.39, 0.29) is 11.4 Å². The van der Waals surface area contributed by atoms with Crippen molar-refractivity contribution >= 4 is 0 Å². The highest BCUT2D eigenvalue weighted by atomic mass is 19.4. The molecule has 0 amide bonds. The third kappa shape index (κ3) is 2.18. The first-order chi connectivity index (χ1) is 11.5. The van der Waals surface area contributed by atoms with Crippen LogP contribution in [0.2, 0.25) is 0 Å². The normalized spacial score (nSPS) is 12.6. The van der Waals surface area contributed by atoms with Crippen LogP contribution in [-0.2, 0) is 6.42 Å². The summed E-state index contributed by atoms with van der Waals surface area (Å²) in [5.41, 5.74) is 2.36. The summed E-state index contributed by atoms with van der Waals surface area (Å²) in [6.45, 7) is 0. The molecule has 3 heterocycles. The molecule has 0 bridgehead atoms. The number of alkyl halides is 3. The van der Waals surface area contributed by atoms with Gasteiger partial charge < -0.3 is 4.74 Å². The van der Waals surface area contributed by atoms with Crippen molar-refractivity contribution in [3.63, 3.8) is 0 Å². The minimum atomic E-state index is -4.79. The molecule has 1 aromatic carbocycles. The van der Waals surface area contributed by atoms with Crippen molar-refractivity contribution in [3.05, 3.63) is 47.8 Å². The number of benzene rings is 1. The molecule has 10 heteroatoms. The van der Waals surface area contributed by atoms with E-state index in [0.29, 0.717) is 29.2 Å². The van der Waals surface area contributed by atoms with Crippen LogP contribution in [-0.4, -0.2) is 30.9 Å². The first-order valence-corrected chi connectivity index (χ1v) is 6.73. The summed E-state index contributed by atoms with van der Waals surface area (Å²) < 4.78 is 44.5. The van der Waals surface area contributed by atoms with Gasteiger partial charge in [0, 0.05) is 12.5 Å². The second-order valence-electron chi connectivity index (χ2n) is 5.03. The maximum Gasteiger partial charge on any atom is 0.573 e. The number of imidazole rings is 1. The molecule has 1 aliphatic rings. The lowest BCUT2D eigenvalue weighted by molar-refractivity contribution is -0.274. The highest BCUT2D eigenvalue weighted by Gasteiger charge is 2.32. The third-order valence-corrected chi connectivity index (χ3v) is 3.61. The Morgan fingerprint density at radius 2 is 2.08 bits per heavy atom. The Kier molecular flexibility index (Phi) is 2.86. The summed E-state index contributed by atoms with van der Waals surface area (Å²) in [6, 6.07) is 5.88. The van der Waals surface area contributed by atoms with E-state index in [9.17, 15) is 18.4 Å². The van der Waals surface area contributed by atoms with Gasteiger partial charge in [-0.2, -0.15) is 5.26 Å². The number of nitriles is 1. The van der Waals surface area contributed by atoms with Gasteiger partial charge in [0.1, 0.15) is 18.1 Å². The highest BCUT2D eigenvalue weighted by Crippen LogP contribution is 2.32. The average molecular weight is 332 g/mol. The van der Waals surface area contributed by atoms with Crippen molar-refractivity contribution in [2.75, 3.05) is 0 Å². The van der Waals surface area contributed by atoms with E-state index in [0.717, 1.165) is 0 Å². The molecule has 7 nitrogen and oxygen atoms in total. The molecule has 3 aromatic rings. The Morgan fingerprint density at radius 1 is 1.25 bits per heavy atom. The van der Waals surface area contributed by atoms with Crippen molar-refractivity contribution in [1.82, 2.24) is 24.5 Å². The summed E-state index contributed by atoms with van der Waals surface area (Å²) in [4.78, 5) is 4.04. The molecule has 120 valence electrons. The average Bonchev–Trinajstić information content (AvgIpc) is 3.11. The molecule has 0 saturated heterocycles. The van der Waals surface area contributed by atoms with E-state index >= 15 is 0 Å². The number of nitrogens with zero attached hydrogens (tertiary/aromatic N) is 6. The summed E-state index contributed by atoms with van der Waals surface area (Å²) in [5.74, 6) is -0.369. The van der Waals surface area contributed by atoms with Gasteiger partial charge in [0.2, 0.25) is 0 Å². The predicted octanol–water partition coefficient (Wildman–Crippen LogP) is 2.13. The molecule has 0 aliphatic carbocycles. The molecule has 0 saturated carbocycles. The molecule has 4 rings (SSSR count). The van der Waals surface area contributed by atoms with Gasteiger partial charge in [-0.15, -0.1) is 18.3 Å². The lowest BCUT2D eigenvalue weighted by Gasteiger charge is -2.13. The van der Waals surface area contributed by atoms with Crippen LogP contribution in [0, 0.1) is 11.3 Å². The van der Waals surface area contributed by atoms with Crippen LogP contribution in [0.1, 0.15) is 17.1 Å². The molecule has 0 fully saturated rings. The van der Waals surface area contributed by atoms with Crippen LogP contribution >= 0.6 is 0 Å². The summed E-state index contributed by atoms with van der Waals surface area (Å²) in [7, 11) is 0. The van der Waals surface area contributed by atoms with Gasteiger partial charge in [-0.05, 0) is 12.1 Å². The Morgan fingerprint density at radius 3 is 2.83 bits per heavy atom. The SMILES string of the molecule is N#Cc1ncn2c1Cc1cnnn1-c1cc(OC(F)(F)F)ccc1-2. The fraction of sp³-hybridized carbons (Fsp3) is 0.143. The second kappa shape index (κ2) is 4.82. The smallest absolute Gasteiger partial charge is 0.406 e. The molecule has 0 unspecified atom stereocenters. The third-order valence-electron chi connectivity index (χ3n) is 3.61. The topological polar surface area (TPSA) is 81.5 Å². The van der Waals surface area contributed by atoms with Crippen LogP contribution in [0.3, 0.4) is 0 Å². The molecule has 0 atom stereocenters. The van der Waals surface area contributed by atoms with E-state index in [1.165, 1.54) is 35.4 Å². The number of rotatable bonds is 1. The minimum Gasteiger partial charge on any atom is -0.406 e.